The molecule has 12 nitrogen and oxygen atoms in total. The average Bonchev–Trinajstić information content (AvgIpc) is 3.45. The molecule has 0 atom stereocenters. The number of hydrogen-bond donors (Lipinski definition) is 1. The lowest BCUT2D eigenvalue weighted by Crippen LogP contribution is -2.36. The molecule has 1 amide bonds. The maximum absolute atomic E-state index is 12.9. The van der Waals surface area contributed by atoms with Crippen molar-refractivity contribution in [3.8, 4) is 41.3 Å². The Labute approximate surface area is 437 Å². The minimum absolute atomic E-state index is 0.228. The van der Waals surface area contributed by atoms with E-state index in [-0.39, 0.29) is 5.69 Å². The van der Waals surface area contributed by atoms with Gasteiger partial charge >= 0.3 is 12.1 Å². The van der Waals surface area contributed by atoms with Gasteiger partial charge in [-0.3, -0.25) is 24.7 Å². The number of ether oxygens (including phenoxy) is 3. The molecule has 1 N–H and O–H groups in total. The van der Waals surface area contributed by atoms with Crippen molar-refractivity contribution < 1.29 is 23.8 Å². The third kappa shape index (κ3) is 18.1. The molecule has 0 aliphatic carbocycles. The summed E-state index contributed by atoms with van der Waals surface area (Å²) in [5, 5.41) is 2.76. The average molecular weight is 990 g/mol. The number of methoxy groups -OCH3 is 1. The third-order valence-corrected chi connectivity index (χ3v) is 11.9. The van der Waals surface area contributed by atoms with Crippen LogP contribution >= 0.6 is 0 Å². The maximum atomic E-state index is 12.9. The van der Waals surface area contributed by atoms with E-state index in [2.05, 4.69) is 98.9 Å². The molecule has 0 spiro atoms. The molecule has 380 valence electrons. The Balaban J connectivity index is 1.07. The highest BCUT2D eigenvalue weighted by atomic mass is 16.6. The summed E-state index contributed by atoms with van der Waals surface area (Å²) >= 11 is 0. The molecule has 1 aliphatic rings. The van der Waals surface area contributed by atoms with Crippen LogP contribution in [0.15, 0.2) is 109 Å². The van der Waals surface area contributed by atoms with Gasteiger partial charge in [-0.2, -0.15) is 0 Å². The fraction of sp³-hybridized carbons (Fsp3) is 0.339. The molecule has 0 radical (unpaired) electrons. The van der Waals surface area contributed by atoms with Crippen molar-refractivity contribution in [3.63, 3.8) is 0 Å². The fourth-order valence-electron chi connectivity index (χ4n) is 8.18. The number of rotatable bonds is 12. The number of hydrogen-bond acceptors (Lipinski definition) is 11. The van der Waals surface area contributed by atoms with E-state index in [1.165, 1.54) is 12.7 Å². The van der Waals surface area contributed by atoms with Gasteiger partial charge in [0.15, 0.2) is 0 Å². The summed E-state index contributed by atoms with van der Waals surface area (Å²) < 4.78 is 16.3. The quantitative estimate of drug-likeness (QED) is 0.0718. The second-order valence-corrected chi connectivity index (χ2v) is 19.7. The van der Waals surface area contributed by atoms with Crippen LogP contribution in [0.4, 0.5) is 4.79 Å². The highest BCUT2D eigenvalue weighted by molar-refractivity contribution is 5.87. The van der Waals surface area contributed by atoms with Crippen LogP contribution in [0, 0.1) is 63.2 Å². The first-order chi connectivity index (χ1) is 35.6. The predicted octanol–water partition coefficient (Wildman–Crippen LogP) is 9.20. The smallest absolute Gasteiger partial charge is 0.407 e. The standard InChI is InChI=1S/C62H67N7O5/c1-45-10-14-49(15-11-45)18-21-52-36-47(3)64-55(38-52)42-67-29-30-68(32-34-69(33-31-67)44-57-40-54(41-59(66-57)60(70)72-8)23-20-50-16-12-46(2)13-17-50)43-56-39-53(37-48(4)65-56)22-19-51-24-26-58(27-25-51)73-35-9-28-63-61(71)74-62(5,6)7/h10-17,24-27,36-41H,9,28-35,42-44H2,1-8H3,(H,63,71). The Hall–Kier alpha value is -7.79. The fourth-order valence-corrected chi connectivity index (χ4v) is 8.18. The molecular formula is C62H67N7O5. The Morgan fingerprint density at radius 1 is 0.541 bits per heavy atom. The number of pyridine rings is 3. The summed E-state index contributed by atoms with van der Waals surface area (Å²) in [5.74, 6) is 20.2. The Bertz CT molecular complexity index is 3080. The number of benzene rings is 3. The lowest BCUT2D eigenvalue weighted by molar-refractivity contribution is 0.0524. The molecule has 0 bridgehead atoms. The zero-order chi connectivity index (χ0) is 52.5. The number of alkyl carbamates (subject to hydrolysis) is 1. The molecule has 1 aliphatic heterocycles. The number of aromatic nitrogens is 3. The Kier molecular flexibility index (Phi) is 19.2. The zero-order valence-electron chi connectivity index (χ0n) is 44.1. The molecule has 1 saturated heterocycles. The molecule has 3 aromatic carbocycles. The van der Waals surface area contributed by atoms with Gasteiger partial charge in [-0.05, 0) is 140 Å². The summed E-state index contributed by atoms with van der Waals surface area (Å²) in [5.41, 5.74) is 11.8. The maximum Gasteiger partial charge on any atom is 0.407 e. The molecular weight excluding hydrogens is 923 g/mol. The van der Waals surface area contributed by atoms with Crippen molar-refractivity contribution in [1.82, 2.24) is 35.0 Å². The first kappa shape index (κ1) is 54.0. The van der Waals surface area contributed by atoms with Gasteiger partial charge in [0.1, 0.15) is 17.0 Å². The minimum Gasteiger partial charge on any atom is -0.494 e. The van der Waals surface area contributed by atoms with E-state index in [0.29, 0.717) is 44.8 Å². The van der Waals surface area contributed by atoms with Crippen molar-refractivity contribution in [2.75, 3.05) is 59.5 Å². The van der Waals surface area contributed by atoms with Gasteiger partial charge in [0.25, 0.3) is 0 Å². The number of aryl methyl sites for hydroxylation is 4. The van der Waals surface area contributed by atoms with Gasteiger partial charge in [0.2, 0.25) is 0 Å². The zero-order valence-corrected chi connectivity index (χ0v) is 44.1. The molecule has 3 aromatic heterocycles. The van der Waals surface area contributed by atoms with Crippen LogP contribution in [0.1, 0.15) is 111 Å². The van der Waals surface area contributed by atoms with Gasteiger partial charge in [-0.15, -0.1) is 0 Å². The van der Waals surface area contributed by atoms with Crippen molar-refractivity contribution in [3.05, 3.63) is 188 Å². The van der Waals surface area contributed by atoms with Crippen molar-refractivity contribution >= 4 is 12.1 Å². The van der Waals surface area contributed by atoms with Crippen LogP contribution in [-0.2, 0) is 29.1 Å². The van der Waals surface area contributed by atoms with E-state index in [9.17, 15) is 9.59 Å². The van der Waals surface area contributed by atoms with Crippen LogP contribution in [0.25, 0.3) is 0 Å². The summed E-state index contributed by atoms with van der Waals surface area (Å²) in [6.07, 6.45) is 0.213. The number of carbonyl (C=O) groups excluding carboxylic acids is 2. The van der Waals surface area contributed by atoms with Gasteiger partial charge in [0, 0.05) is 110 Å². The second-order valence-electron chi connectivity index (χ2n) is 19.7. The van der Waals surface area contributed by atoms with E-state index in [1.807, 2.05) is 108 Å². The predicted molar refractivity (Wildman–Crippen MR) is 290 cm³/mol. The lowest BCUT2D eigenvalue weighted by atomic mass is 10.1. The van der Waals surface area contributed by atoms with Gasteiger partial charge in [-0.1, -0.05) is 70.9 Å². The summed E-state index contributed by atoms with van der Waals surface area (Å²) in [4.78, 5) is 46.9. The topological polar surface area (TPSA) is 122 Å². The highest BCUT2D eigenvalue weighted by Crippen LogP contribution is 2.17. The molecule has 0 unspecified atom stereocenters. The molecule has 74 heavy (non-hydrogen) atoms. The molecule has 1 fully saturated rings. The molecule has 4 heterocycles. The van der Waals surface area contributed by atoms with Crippen LogP contribution < -0.4 is 10.1 Å². The Morgan fingerprint density at radius 3 is 1.35 bits per heavy atom. The van der Waals surface area contributed by atoms with Gasteiger partial charge < -0.3 is 19.5 Å². The summed E-state index contributed by atoms with van der Waals surface area (Å²) in [6.45, 7) is 21.1. The lowest BCUT2D eigenvalue weighted by Gasteiger charge is -2.25. The molecule has 7 rings (SSSR count). The number of nitrogens with zero attached hydrogens (tertiary/aromatic N) is 6. The van der Waals surface area contributed by atoms with Crippen LogP contribution in [0.5, 0.6) is 5.75 Å². The van der Waals surface area contributed by atoms with E-state index >= 15 is 0 Å². The number of carbonyl (C=O) groups is 2. The van der Waals surface area contributed by atoms with Crippen molar-refractivity contribution in [2.24, 2.45) is 0 Å². The van der Waals surface area contributed by atoms with Crippen molar-refractivity contribution in [1.29, 1.82) is 0 Å². The van der Waals surface area contributed by atoms with E-state index in [0.717, 1.165) is 107 Å². The molecule has 0 saturated carbocycles. The van der Waals surface area contributed by atoms with E-state index < -0.39 is 17.7 Å². The largest absolute Gasteiger partial charge is 0.494 e. The number of nitrogens with one attached hydrogen (secondary N) is 1. The first-order valence-electron chi connectivity index (χ1n) is 25.2. The molecule has 12 heteroatoms. The third-order valence-electron chi connectivity index (χ3n) is 11.9. The van der Waals surface area contributed by atoms with Crippen molar-refractivity contribution in [2.45, 2.75) is 80.1 Å². The monoisotopic (exact) mass is 990 g/mol. The van der Waals surface area contributed by atoms with Gasteiger partial charge in [-0.25, -0.2) is 14.6 Å². The first-order valence-corrected chi connectivity index (χ1v) is 25.2. The summed E-state index contributed by atoms with van der Waals surface area (Å²) in [7, 11) is 1.37. The SMILES string of the molecule is COC(=O)c1cc(C#Cc2ccc(C)cc2)cc(CN2CCN(Cc3cc(C#Cc4ccc(C)cc4)cc(C)n3)CCN(Cc3cc(C#Cc4ccc(OCCCNC(=O)OC(C)(C)C)cc4)cc(C)n3)CC2)n1. The van der Waals surface area contributed by atoms with E-state index in [1.54, 1.807) is 6.07 Å². The summed E-state index contributed by atoms with van der Waals surface area (Å²) in [6, 6.07) is 36.0. The second kappa shape index (κ2) is 26.2. The Morgan fingerprint density at radius 2 is 0.932 bits per heavy atom. The van der Waals surface area contributed by atoms with Crippen LogP contribution in [0.2, 0.25) is 0 Å². The number of amides is 1. The normalized spacial score (nSPS) is 13.3. The van der Waals surface area contributed by atoms with Crippen LogP contribution in [-0.4, -0.2) is 107 Å². The van der Waals surface area contributed by atoms with E-state index in [4.69, 9.17) is 29.2 Å². The van der Waals surface area contributed by atoms with Crippen LogP contribution in [0.3, 0.4) is 0 Å². The molecule has 6 aromatic rings. The van der Waals surface area contributed by atoms with Gasteiger partial charge in [0.05, 0.1) is 30.8 Å². The minimum atomic E-state index is -0.537. The highest BCUT2D eigenvalue weighted by Gasteiger charge is 2.21. The number of esters is 1.